The molecule has 0 amide bonds. The Bertz CT molecular complexity index is 937. The van der Waals surface area contributed by atoms with E-state index in [1.165, 1.54) is 44.5 Å². The van der Waals surface area contributed by atoms with Crippen LogP contribution in [0.1, 0.15) is 51.7 Å². The largest absolute Gasteiger partial charge is 0.0704 e. The van der Waals surface area contributed by atoms with Crippen molar-refractivity contribution in [3.63, 3.8) is 0 Å². The number of rotatable bonds is 2. The van der Waals surface area contributed by atoms with Gasteiger partial charge in [0, 0.05) is 11.3 Å². The molecule has 0 aliphatic heterocycles. The van der Waals surface area contributed by atoms with Gasteiger partial charge in [-0.1, -0.05) is 84.3 Å². The van der Waals surface area contributed by atoms with Crippen molar-refractivity contribution in [1.82, 2.24) is 0 Å². The number of benzene rings is 2. The first-order valence-corrected chi connectivity index (χ1v) is 9.18. The van der Waals surface area contributed by atoms with Crippen LogP contribution in [0.4, 0.5) is 0 Å². The van der Waals surface area contributed by atoms with E-state index in [0.29, 0.717) is 5.92 Å². The lowest BCUT2D eigenvalue weighted by Crippen LogP contribution is -2.23. The van der Waals surface area contributed by atoms with Crippen LogP contribution in [0.2, 0.25) is 0 Å². The molecule has 0 heterocycles. The lowest BCUT2D eigenvalue weighted by atomic mass is 9.68. The predicted octanol–water partition coefficient (Wildman–Crippen LogP) is 7.16. The molecule has 0 N–H and O–H groups in total. The summed E-state index contributed by atoms with van der Waals surface area (Å²) in [4.78, 5) is 0. The summed E-state index contributed by atoms with van der Waals surface area (Å²) in [7, 11) is 0. The average molecular weight is 326 g/mol. The summed E-state index contributed by atoms with van der Waals surface area (Å²) in [5, 5.41) is 0. The van der Waals surface area contributed by atoms with Crippen LogP contribution < -0.4 is 0 Å². The molecular formula is C25H26. The summed E-state index contributed by atoms with van der Waals surface area (Å²) in [5.74, 6) is 0.429. The molecule has 0 saturated heterocycles. The van der Waals surface area contributed by atoms with Crippen molar-refractivity contribution >= 4 is 6.08 Å². The summed E-state index contributed by atoms with van der Waals surface area (Å²) in [6.07, 6.45) is 4.90. The van der Waals surface area contributed by atoms with Gasteiger partial charge in [-0.05, 0) is 55.5 Å². The molecule has 0 nitrogen and oxygen atoms in total. The van der Waals surface area contributed by atoms with Gasteiger partial charge in [-0.2, -0.15) is 0 Å². The zero-order valence-corrected chi connectivity index (χ0v) is 15.9. The molecule has 0 fully saturated rings. The maximum atomic E-state index is 2.49. The van der Waals surface area contributed by atoms with Gasteiger partial charge in [0.25, 0.3) is 0 Å². The maximum absolute atomic E-state index is 2.49. The van der Waals surface area contributed by atoms with Gasteiger partial charge in [-0.15, -0.1) is 0 Å². The normalized spacial score (nSPS) is 25.1. The molecule has 2 aliphatic carbocycles. The van der Waals surface area contributed by atoms with E-state index in [0.717, 1.165) is 0 Å². The van der Waals surface area contributed by atoms with Crippen molar-refractivity contribution in [2.24, 2.45) is 5.41 Å². The maximum Gasteiger partial charge on any atom is 0.0181 e. The van der Waals surface area contributed by atoms with Crippen molar-refractivity contribution in [2.45, 2.75) is 40.5 Å². The van der Waals surface area contributed by atoms with Gasteiger partial charge in [0.15, 0.2) is 0 Å². The first-order chi connectivity index (χ1) is 11.9. The molecule has 0 aromatic heterocycles. The van der Waals surface area contributed by atoms with Crippen LogP contribution in [-0.2, 0) is 0 Å². The average Bonchev–Trinajstić information content (AvgIpc) is 3.05. The summed E-state index contributed by atoms with van der Waals surface area (Å²) in [6, 6.07) is 17.6. The molecule has 0 saturated carbocycles. The number of allylic oxidation sites excluding steroid dienone is 5. The molecule has 4 rings (SSSR count). The van der Waals surface area contributed by atoms with Crippen LogP contribution in [0, 0.1) is 5.41 Å². The third-order valence-electron chi connectivity index (χ3n) is 6.44. The van der Waals surface area contributed by atoms with E-state index in [2.05, 4.69) is 95.3 Å². The third-order valence-corrected chi connectivity index (χ3v) is 6.44. The number of hydrogen-bond acceptors (Lipinski definition) is 0. The van der Waals surface area contributed by atoms with E-state index in [1.54, 1.807) is 0 Å². The molecule has 0 bridgehead atoms. The van der Waals surface area contributed by atoms with Crippen molar-refractivity contribution in [2.75, 3.05) is 0 Å². The van der Waals surface area contributed by atoms with Crippen LogP contribution in [0.5, 0.6) is 0 Å². The van der Waals surface area contributed by atoms with E-state index in [1.807, 2.05) is 0 Å². The summed E-state index contributed by atoms with van der Waals surface area (Å²) in [6.45, 7) is 11.5. The fraction of sp³-hybridized carbons (Fsp3) is 0.280. The van der Waals surface area contributed by atoms with Gasteiger partial charge in [0.2, 0.25) is 0 Å². The SMILES string of the molecule is CC1=CC(C)(C2C(C)=Cc3c(-c4ccccc4)cccc32)C(C)=C1C. The molecule has 2 atom stereocenters. The summed E-state index contributed by atoms with van der Waals surface area (Å²) in [5.41, 5.74) is 11.5. The molecule has 2 aliphatic rings. The standard InChI is InChI=1S/C25H26/c1-16-14-23-21(20-10-7-6-8-11-20)12-9-13-22(23)24(16)25(5)15-17(2)18(3)19(25)4/h6-15,24H,1-5H3. The Kier molecular flexibility index (Phi) is 3.61. The van der Waals surface area contributed by atoms with E-state index in [4.69, 9.17) is 0 Å². The Morgan fingerprint density at radius 1 is 0.840 bits per heavy atom. The van der Waals surface area contributed by atoms with E-state index in [9.17, 15) is 0 Å². The van der Waals surface area contributed by atoms with Crippen molar-refractivity contribution < 1.29 is 0 Å². The van der Waals surface area contributed by atoms with Crippen LogP contribution >= 0.6 is 0 Å². The topological polar surface area (TPSA) is 0 Å². The smallest absolute Gasteiger partial charge is 0.0181 e. The van der Waals surface area contributed by atoms with Gasteiger partial charge in [-0.3, -0.25) is 0 Å². The monoisotopic (exact) mass is 326 g/mol. The van der Waals surface area contributed by atoms with Gasteiger partial charge >= 0.3 is 0 Å². The summed E-state index contributed by atoms with van der Waals surface area (Å²) < 4.78 is 0. The van der Waals surface area contributed by atoms with Gasteiger partial charge in [0.1, 0.15) is 0 Å². The van der Waals surface area contributed by atoms with Crippen molar-refractivity contribution in [3.8, 4) is 11.1 Å². The van der Waals surface area contributed by atoms with E-state index >= 15 is 0 Å². The van der Waals surface area contributed by atoms with Crippen LogP contribution in [-0.4, -0.2) is 0 Å². The molecule has 2 aromatic carbocycles. The van der Waals surface area contributed by atoms with Crippen LogP contribution in [0.3, 0.4) is 0 Å². The van der Waals surface area contributed by atoms with Gasteiger partial charge in [0.05, 0.1) is 0 Å². The molecule has 25 heavy (non-hydrogen) atoms. The zero-order chi connectivity index (χ0) is 17.8. The molecule has 0 radical (unpaired) electrons. The minimum Gasteiger partial charge on any atom is -0.0704 e. The Hall–Kier alpha value is -2.34. The fourth-order valence-corrected chi connectivity index (χ4v) is 4.88. The second kappa shape index (κ2) is 5.59. The molecule has 2 aromatic rings. The molecule has 0 spiro atoms. The van der Waals surface area contributed by atoms with Gasteiger partial charge < -0.3 is 0 Å². The highest BCUT2D eigenvalue weighted by molar-refractivity contribution is 5.82. The third kappa shape index (κ3) is 2.28. The van der Waals surface area contributed by atoms with Crippen LogP contribution in [0.25, 0.3) is 17.2 Å². The molecule has 126 valence electrons. The highest BCUT2D eigenvalue weighted by Gasteiger charge is 2.43. The molecular weight excluding hydrogens is 300 g/mol. The minimum absolute atomic E-state index is 0.0787. The van der Waals surface area contributed by atoms with E-state index in [-0.39, 0.29) is 5.41 Å². The highest BCUT2D eigenvalue weighted by Crippen LogP contribution is 2.56. The minimum atomic E-state index is 0.0787. The highest BCUT2D eigenvalue weighted by atomic mass is 14.5. The van der Waals surface area contributed by atoms with Crippen LogP contribution in [0.15, 0.2) is 76.9 Å². The molecule has 0 heteroatoms. The second-order valence-corrected chi connectivity index (χ2v) is 7.86. The Balaban J connectivity index is 1.90. The first-order valence-electron chi connectivity index (χ1n) is 9.18. The second-order valence-electron chi connectivity index (χ2n) is 7.86. The Labute approximate surface area is 151 Å². The van der Waals surface area contributed by atoms with Crippen molar-refractivity contribution in [1.29, 1.82) is 0 Å². The van der Waals surface area contributed by atoms with Gasteiger partial charge in [-0.25, -0.2) is 0 Å². The van der Waals surface area contributed by atoms with Crippen molar-refractivity contribution in [3.05, 3.63) is 88.0 Å². The fourth-order valence-electron chi connectivity index (χ4n) is 4.88. The zero-order valence-electron chi connectivity index (χ0n) is 15.9. The Morgan fingerprint density at radius 3 is 2.20 bits per heavy atom. The predicted molar refractivity (Wildman–Crippen MR) is 109 cm³/mol. The molecule has 2 unspecified atom stereocenters. The first kappa shape index (κ1) is 16.1. The Morgan fingerprint density at radius 2 is 1.56 bits per heavy atom. The number of hydrogen-bond donors (Lipinski definition) is 0. The van der Waals surface area contributed by atoms with E-state index < -0.39 is 0 Å². The summed E-state index contributed by atoms with van der Waals surface area (Å²) >= 11 is 0. The lowest BCUT2D eigenvalue weighted by Gasteiger charge is -2.34. The lowest BCUT2D eigenvalue weighted by molar-refractivity contribution is 0.451. The number of fused-ring (bicyclic) bond motifs is 1. The quantitative estimate of drug-likeness (QED) is 0.549.